The van der Waals surface area contributed by atoms with Gasteiger partial charge in [-0.05, 0) is 62.7 Å². The van der Waals surface area contributed by atoms with Crippen molar-refractivity contribution in [3.05, 3.63) is 24.3 Å². The van der Waals surface area contributed by atoms with Crippen molar-refractivity contribution in [3.8, 4) is 5.75 Å². The van der Waals surface area contributed by atoms with Crippen molar-refractivity contribution in [2.75, 3.05) is 5.32 Å². The highest BCUT2D eigenvalue weighted by Gasteiger charge is 2.29. The second kappa shape index (κ2) is 6.70. The van der Waals surface area contributed by atoms with Gasteiger partial charge in [-0.1, -0.05) is 6.92 Å². The molecule has 0 aromatic heterocycles. The SMILES string of the molecule is CCC(C)Oc1ccc(NC(=S)NC(=O)C2CC2)cc1. The summed E-state index contributed by atoms with van der Waals surface area (Å²) in [6.07, 6.45) is 3.11. The molecule has 2 N–H and O–H groups in total. The fourth-order valence-corrected chi connectivity index (χ4v) is 1.87. The molecule has 1 aliphatic carbocycles. The van der Waals surface area contributed by atoms with Crippen LogP contribution in [0.15, 0.2) is 24.3 Å². The number of ether oxygens (including phenoxy) is 1. The van der Waals surface area contributed by atoms with Gasteiger partial charge in [0.15, 0.2) is 5.11 Å². The predicted molar refractivity (Wildman–Crippen MR) is 83.9 cm³/mol. The molecule has 0 saturated heterocycles. The van der Waals surface area contributed by atoms with Gasteiger partial charge in [-0.15, -0.1) is 0 Å². The van der Waals surface area contributed by atoms with Crippen LogP contribution < -0.4 is 15.4 Å². The van der Waals surface area contributed by atoms with E-state index in [1.807, 2.05) is 31.2 Å². The van der Waals surface area contributed by atoms with Crippen LogP contribution in [0.5, 0.6) is 5.75 Å². The van der Waals surface area contributed by atoms with Crippen molar-refractivity contribution in [2.45, 2.75) is 39.2 Å². The molecule has 1 fully saturated rings. The summed E-state index contributed by atoms with van der Waals surface area (Å²) in [6.45, 7) is 4.12. The van der Waals surface area contributed by atoms with Gasteiger partial charge in [0.2, 0.25) is 5.91 Å². The van der Waals surface area contributed by atoms with Gasteiger partial charge in [0.25, 0.3) is 0 Å². The lowest BCUT2D eigenvalue weighted by atomic mass is 10.3. The molecule has 1 aliphatic rings. The molecule has 1 aromatic rings. The van der Waals surface area contributed by atoms with Crippen LogP contribution in [0, 0.1) is 5.92 Å². The van der Waals surface area contributed by atoms with E-state index in [1.54, 1.807) is 0 Å². The molecular weight excluding hydrogens is 272 g/mol. The summed E-state index contributed by atoms with van der Waals surface area (Å²) in [4.78, 5) is 11.6. The van der Waals surface area contributed by atoms with E-state index in [1.165, 1.54) is 0 Å². The normalized spacial score (nSPS) is 15.3. The number of thiocarbonyl (C=S) groups is 1. The van der Waals surface area contributed by atoms with Crippen LogP contribution in [-0.4, -0.2) is 17.1 Å². The fourth-order valence-electron chi connectivity index (χ4n) is 1.65. The van der Waals surface area contributed by atoms with Crippen LogP contribution in [-0.2, 0) is 4.79 Å². The Bertz CT molecular complexity index is 483. The number of hydrogen-bond donors (Lipinski definition) is 2. The monoisotopic (exact) mass is 292 g/mol. The Morgan fingerprint density at radius 3 is 2.60 bits per heavy atom. The third kappa shape index (κ3) is 4.49. The van der Waals surface area contributed by atoms with Gasteiger partial charge >= 0.3 is 0 Å². The van der Waals surface area contributed by atoms with Gasteiger partial charge in [-0.25, -0.2) is 0 Å². The average Bonchev–Trinajstić information content (AvgIpc) is 3.25. The highest BCUT2D eigenvalue weighted by atomic mass is 32.1. The molecule has 108 valence electrons. The Kier molecular flexibility index (Phi) is 4.95. The van der Waals surface area contributed by atoms with Crippen molar-refractivity contribution >= 4 is 28.9 Å². The number of amides is 1. The molecule has 1 unspecified atom stereocenters. The third-order valence-electron chi connectivity index (χ3n) is 3.21. The third-order valence-corrected chi connectivity index (χ3v) is 3.41. The van der Waals surface area contributed by atoms with E-state index in [2.05, 4.69) is 17.6 Å². The molecule has 1 amide bonds. The van der Waals surface area contributed by atoms with Crippen molar-refractivity contribution in [2.24, 2.45) is 5.92 Å². The number of rotatable bonds is 5. The summed E-state index contributed by atoms with van der Waals surface area (Å²) in [7, 11) is 0. The first kappa shape index (κ1) is 14.8. The molecular formula is C15H20N2O2S. The molecule has 4 nitrogen and oxygen atoms in total. The van der Waals surface area contributed by atoms with E-state index in [9.17, 15) is 4.79 Å². The van der Waals surface area contributed by atoms with E-state index in [0.29, 0.717) is 5.11 Å². The van der Waals surface area contributed by atoms with Gasteiger partial charge in [-0.2, -0.15) is 0 Å². The Morgan fingerprint density at radius 2 is 2.05 bits per heavy atom. The number of carbonyl (C=O) groups is 1. The molecule has 5 heteroatoms. The van der Waals surface area contributed by atoms with Crippen molar-refractivity contribution < 1.29 is 9.53 Å². The van der Waals surface area contributed by atoms with E-state index < -0.39 is 0 Å². The van der Waals surface area contributed by atoms with Crippen LogP contribution in [0.4, 0.5) is 5.69 Å². The minimum Gasteiger partial charge on any atom is -0.491 e. The Balaban J connectivity index is 1.83. The molecule has 1 atom stereocenters. The molecule has 0 spiro atoms. The Labute approximate surface area is 124 Å². The minimum atomic E-state index is 0.0132. The van der Waals surface area contributed by atoms with E-state index in [-0.39, 0.29) is 17.9 Å². The van der Waals surface area contributed by atoms with E-state index >= 15 is 0 Å². The van der Waals surface area contributed by atoms with Crippen molar-refractivity contribution in [1.29, 1.82) is 0 Å². The summed E-state index contributed by atoms with van der Waals surface area (Å²) >= 11 is 5.11. The van der Waals surface area contributed by atoms with Crippen LogP contribution in [0.2, 0.25) is 0 Å². The molecule has 1 saturated carbocycles. The highest BCUT2D eigenvalue weighted by Crippen LogP contribution is 2.28. The lowest BCUT2D eigenvalue weighted by molar-refractivity contribution is -0.120. The molecule has 0 bridgehead atoms. The van der Waals surface area contributed by atoms with Gasteiger partial charge < -0.3 is 15.4 Å². The maximum atomic E-state index is 11.6. The number of nitrogens with one attached hydrogen (secondary N) is 2. The largest absolute Gasteiger partial charge is 0.491 e. The summed E-state index contributed by atoms with van der Waals surface area (Å²) in [5, 5.41) is 6.04. The summed E-state index contributed by atoms with van der Waals surface area (Å²) in [6, 6.07) is 7.54. The molecule has 2 rings (SSSR count). The second-order valence-corrected chi connectivity index (χ2v) is 5.49. The Morgan fingerprint density at radius 1 is 1.40 bits per heavy atom. The van der Waals surface area contributed by atoms with Crippen molar-refractivity contribution in [3.63, 3.8) is 0 Å². The number of hydrogen-bond acceptors (Lipinski definition) is 3. The summed E-state index contributed by atoms with van der Waals surface area (Å²) < 4.78 is 5.70. The number of carbonyl (C=O) groups excluding carboxylic acids is 1. The Hall–Kier alpha value is -1.62. The minimum absolute atomic E-state index is 0.0132. The zero-order valence-corrected chi connectivity index (χ0v) is 12.6. The van der Waals surface area contributed by atoms with E-state index in [4.69, 9.17) is 17.0 Å². The summed E-state index contributed by atoms with van der Waals surface area (Å²) in [5.74, 6) is 0.998. The smallest absolute Gasteiger partial charge is 0.229 e. The van der Waals surface area contributed by atoms with Crippen LogP contribution >= 0.6 is 12.2 Å². The van der Waals surface area contributed by atoms with Crippen molar-refractivity contribution in [1.82, 2.24) is 5.32 Å². The maximum Gasteiger partial charge on any atom is 0.229 e. The van der Waals surface area contributed by atoms with Crippen LogP contribution in [0.25, 0.3) is 0 Å². The van der Waals surface area contributed by atoms with E-state index in [0.717, 1.165) is 30.7 Å². The molecule has 20 heavy (non-hydrogen) atoms. The zero-order valence-electron chi connectivity index (χ0n) is 11.8. The van der Waals surface area contributed by atoms with Gasteiger partial charge in [0.05, 0.1) is 6.10 Å². The average molecular weight is 292 g/mol. The first-order valence-electron chi connectivity index (χ1n) is 6.97. The van der Waals surface area contributed by atoms with Gasteiger partial charge in [0, 0.05) is 11.6 Å². The quantitative estimate of drug-likeness (QED) is 0.819. The topological polar surface area (TPSA) is 50.4 Å². The summed E-state index contributed by atoms with van der Waals surface area (Å²) in [5.41, 5.74) is 0.836. The van der Waals surface area contributed by atoms with Gasteiger partial charge in [-0.3, -0.25) is 4.79 Å². The number of anilines is 1. The lowest BCUT2D eigenvalue weighted by Crippen LogP contribution is -2.35. The van der Waals surface area contributed by atoms with Gasteiger partial charge in [0.1, 0.15) is 5.75 Å². The highest BCUT2D eigenvalue weighted by molar-refractivity contribution is 7.80. The fraction of sp³-hybridized carbons (Fsp3) is 0.467. The van der Waals surface area contributed by atoms with Crippen LogP contribution in [0.3, 0.4) is 0 Å². The molecule has 0 aliphatic heterocycles. The predicted octanol–water partition coefficient (Wildman–Crippen LogP) is 3.09. The first-order chi connectivity index (χ1) is 9.58. The maximum absolute atomic E-state index is 11.6. The standard InChI is InChI=1S/C15H20N2O2S/c1-3-10(2)19-13-8-6-12(7-9-13)16-15(20)17-14(18)11-4-5-11/h6-11H,3-5H2,1-2H3,(H2,16,17,18,20). The number of benzene rings is 1. The zero-order chi connectivity index (χ0) is 14.5. The molecule has 0 heterocycles. The second-order valence-electron chi connectivity index (χ2n) is 5.08. The van der Waals surface area contributed by atoms with Crippen LogP contribution in [0.1, 0.15) is 33.1 Å². The molecule has 0 radical (unpaired) electrons. The molecule has 1 aromatic carbocycles. The first-order valence-corrected chi connectivity index (χ1v) is 7.38. The lowest BCUT2D eigenvalue weighted by Gasteiger charge is -2.13.